The van der Waals surface area contributed by atoms with Gasteiger partial charge in [-0.1, -0.05) is 6.58 Å². The Morgan fingerprint density at radius 1 is 1.25 bits per heavy atom. The van der Waals surface area contributed by atoms with Gasteiger partial charge in [-0.05, 0) is 43.7 Å². The molecule has 0 saturated heterocycles. The number of alkyl halides is 3. The van der Waals surface area contributed by atoms with E-state index in [1.54, 1.807) is 6.92 Å². The summed E-state index contributed by atoms with van der Waals surface area (Å²) in [6.07, 6.45) is -0.0440. The molecule has 0 bridgehead atoms. The van der Waals surface area contributed by atoms with Crippen LogP contribution in [0.4, 0.5) is 13.2 Å². The highest BCUT2D eigenvalue weighted by Gasteiger charge is 2.31. The van der Waals surface area contributed by atoms with Crippen molar-refractivity contribution in [3.63, 3.8) is 0 Å². The molecule has 126 valence electrons. The first-order valence-corrected chi connectivity index (χ1v) is 7.15. The van der Waals surface area contributed by atoms with Crippen LogP contribution >= 0.6 is 0 Å². The fourth-order valence-corrected chi connectivity index (χ4v) is 2.28. The largest absolute Gasteiger partial charge is 0.416 e. The van der Waals surface area contributed by atoms with E-state index in [1.807, 2.05) is 0 Å². The zero-order valence-electron chi connectivity index (χ0n) is 13.2. The lowest BCUT2D eigenvalue weighted by atomic mass is 10.0. The Morgan fingerprint density at radius 3 is 2.54 bits per heavy atom. The summed E-state index contributed by atoms with van der Waals surface area (Å²) in [5, 5.41) is 2.64. The molecule has 1 unspecified atom stereocenters. The average molecular weight is 335 g/mol. The number of hydrogen-bond acceptors (Lipinski definition) is 3. The predicted octanol–water partition coefficient (Wildman–Crippen LogP) is 3.94. The lowest BCUT2D eigenvalue weighted by molar-refractivity contribution is -0.137. The molecule has 1 atom stereocenters. The molecule has 2 rings (SSSR count). The van der Waals surface area contributed by atoms with Crippen LogP contribution in [0.2, 0.25) is 0 Å². The van der Waals surface area contributed by atoms with E-state index in [4.69, 9.17) is 0 Å². The van der Waals surface area contributed by atoms with Crippen LogP contribution < -0.4 is 5.32 Å². The van der Waals surface area contributed by atoms with Crippen molar-refractivity contribution in [1.29, 1.82) is 0 Å². The van der Waals surface area contributed by atoms with Crippen LogP contribution in [0.1, 0.15) is 45.8 Å². The third-order valence-corrected chi connectivity index (χ3v) is 3.37. The molecule has 4 nitrogen and oxygen atoms in total. The molecule has 1 heterocycles. The first kappa shape index (κ1) is 17.7. The summed E-state index contributed by atoms with van der Waals surface area (Å²) in [5.41, 5.74) is 0.439. The van der Waals surface area contributed by atoms with E-state index in [-0.39, 0.29) is 5.56 Å². The summed E-state index contributed by atoms with van der Waals surface area (Å²) in [4.78, 5) is 20.5. The molecule has 0 aliphatic carbocycles. The fourth-order valence-electron chi connectivity index (χ4n) is 2.28. The highest BCUT2D eigenvalue weighted by atomic mass is 19.4. The van der Waals surface area contributed by atoms with Crippen molar-refractivity contribution < 1.29 is 18.0 Å². The smallest absolute Gasteiger partial charge is 0.344 e. The second-order valence-corrected chi connectivity index (χ2v) is 5.31. The number of hydrogen-bond donors (Lipinski definition) is 1. The minimum absolute atomic E-state index is 0.0572. The van der Waals surface area contributed by atoms with Crippen LogP contribution in [-0.4, -0.2) is 15.9 Å². The molecular weight excluding hydrogens is 319 g/mol. The van der Waals surface area contributed by atoms with Gasteiger partial charge in [-0.2, -0.15) is 13.2 Å². The van der Waals surface area contributed by atoms with Crippen LogP contribution in [0, 0.1) is 6.92 Å². The molecule has 1 N–H and O–H groups in total. The van der Waals surface area contributed by atoms with E-state index in [9.17, 15) is 18.0 Å². The van der Waals surface area contributed by atoms with E-state index in [2.05, 4.69) is 21.9 Å². The summed E-state index contributed by atoms with van der Waals surface area (Å²) in [5.74, 6) is -0.614. The Kier molecular flexibility index (Phi) is 5.02. The van der Waals surface area contributed by atoms with Crippen molar-refractivity contribution in [2.24, 2.45) is 0 Å². The molecule has 0 aliphatic heterocycles. The van der Waals surface area contributed by atoms with E-state index in [0.717, 1.165) is 12.1 Å². The lowest BCUT2D eigenvalue weighted by Gasteiger charge is -2.16. The van der Waals surface area contributed by atoms with Crippen molar-refractivity contribution in [2.45, 2.75) is 26.1 Å². The van der Waals surface area contributed by atoms with Crippen molar-refractivity contribution in [1.82, 2.24) is 15.3 Å². The Labute approximate surface area is 137 Å². The molecule has 1 aromatic heterocycles. The Morgan fingerprint density at radius 2 is 1.92 bits per heavy atom. The maximum atomic E-state index is 12.9. The number of carbonyl (C=O) groups excluding carboxylic acids is 1. The molecule has 1 amide bonds. The first-order chi connectivity index (χ1) is 11.2. The maximum Gasteiger partial charge on any atom is 0.416 e. The van der Waals surface area contributed by atoms with Gasteiger partial charge in [-0.25, -0.2) is 0 Å². The topological polar surface area (TPSA) is 54.9 Å². The van der Waals surface area contributed by atoms with Gasteiger partial charge >= 0.3 is 6.18 Å². The van der Waals surface area contributed by atoms with Crippen molar-refractivity contribution in [3.8, 4) is 0 Å². The van der Waals surface area contributed by atoms with Crippen LogP contribution in [0.25, 0.3) is 6.08 Å². The van der Waals surface area contributed by atoms with Gasteiger partial charge in [0.05, 0.1) is 23.0 Å². The number of carbonyl (C=O) groups is 1. The van der Waals surface area contributed by atoms with E-state index < -0.39 is 23.7 Å². The molecule has 1 aromatic carbocycles. The molecular formula is C17H16F3N3O. The number of halogens is 3. The van der Waals surface area contributed by atoms with Gasteiger partial charge in [0.25, 0.3) is 5.91 Å². The average Bonchev–Trinajstić information content (AvgIpc) is 2.53. The predicted molar refractivity (Wildman–Crippen MR) is 84.2 cm³/mol. The number of nitrogens with one attached hydrogen (secondary N) is 1. The van der Waals surface area contributed by atoms with Crippen molar-refractivity contribution in [2.75, 3.05) is 0 Å². The summed E-state index contributed by atoms with van der Waals surface area (Å²) in [6.45, 7) is 6.81. The van der Waals surface area contributed by atoms with Crippen LogP contribution in [0.3, 0.4) is 0 Å². The number of amides is 1. The monoisotopic (exact) mass is 335 g/mol. The molecule has 2 aromatic rings. The second kappa shape index (κ2) is 6.82. The number of benzene rings is 1. The number of rotatable bonds is 4. The van der Waals surface area contributed by atoms with E-state index in [0.29, 0.717) is 17.0 Å². The summed E-state index contributed by atoms with van der Waals surface area (Å²) in [6, 6.07) is 2.70. The zero-order valence-corrected chi connectivity index (χ0v) is 13.2. The van der Waals surface area contributed by atoms with Gasteiger partial charge in [-0.15, -0.1) is 0 Å². The number of aryl methyl sites for hydroxylation is 1. The minimum atomic E-state index is -4.51. The van der Waals surface area contributed by atoms with Gasteiger partial charge in [-0.3, -0.25) is 14.8 Å². The maximum absolute atomic E-state index is 12.9. The van der Waals surface area contributed by atoms with Gasteiger partial charge in [0, 0.05) is 18.0 Å². The quantitative estimate of drug-likeness (QED) is 0.921. The lowest BCUT2D eigenvalue weighted by Crippen LogP contribution is -2.28. The van der Waals surface area contributed by atoms with Crippen molar-refractivity contribution in [3.05, 3.63) is 65.2 Å². The Balaban J connectivity index is 2.27. The third-order valence-electron chi connectivity index (χ3n) is 3.37. The van der Waals surface area contributed by atoms with Gasteiger partial charge in [0.15, 0.2) is 0 Å². The van der Waals surface area contributed by atoms with E-state index in [1.165, 1.54) is 31.5 Å². The molecule has 0 aliphatic rings. The normalized spacial score (nSPS) is 12.5. The Bertz CT molecular complexity index is 772. The molecule has 0 saturated carbocycles. The highest BCUT2D eigenvalue weighted by Crippen LogP contribution is 2.30. The van der Waals surface area contributed by atoms with E-state index >= 15 is 0 Å². The van der Waals surface area contributed by atoms with Gasteiger partial charge in [0.2, 0.25) is 0 Å². The molecule has 24 heavy (non-hydrogen) atoms. The summed E-state index contributed by atoms with van der Waals surface area (Å²) < 4.78 is 38.6. The first-order valence-electron chi connectivity index (χ1n) is 7.15. The third kappa shape index (κ3) is 3.98. The van der Waals surface area contributed by atoms with Gasteiger partial charge < -0.3 is 5.32 Å². The summed E-state index contributed by atoms with van der Waals surface area (Å²) >= 11 is 0. The molecule has 0 fully saturated rings. The SMILES string of the molecule is C=Cc1nccnc1C(C)NC(=O)c1cc(C)cc(C(F)(F)F)c1. The minimum Gasteiger partial charge on any atom is -0.344 e. The summed E-state index contributed by atoms with van der Waals surface area (Å²) in [7, 11) is 0. The fraction of sp³-hybridized carbons (Fsp3) is 0.235. The van der Waals surface area contributed by atoms with Crippen molar-refractivity contribution >= 4 is 12.0 Å². The standard InChI is InChI=1S/C17H16F3N3O/c1-4-14-15(22-6-5-21-14)11(3)23-16(24)12-7-10(2)8-13(9-12)17(18,19)20/h4-9,11H,1H2,2-3H3,(H,23,24). The zero-order chi connectivity index (χ0) is 17.9. The van der Waals surface area contributed by atoms with Gasteiger partial charge in [0.1, 0.15) is 0 Å². The second-order valence-electron chi connectivity index (χ2n) is 5.31. The molecule has 0 spiro atoms. The number of nitrogens with zero attached hydrogens (tertiary/aromatic N) is 2. The van der Waals surface area contributed by atoms with Crippen LogP contribution in [-0.2, 0) is 6.18 Å². The number of aromatic nitrogens is 2. The van der Waals surface area contributed by atoms with Crippen LogP contribution in [0.5, 0.6) is 0 Å². The highest BCUT2D eigenvalue weighted by molar-refractivity contribution is 5.94. The molecule has 0 radical (unpaired) electrons. The van der Waals surface area contributed by atoms with Crippen LogP contribution in [0.15, 0.2) is 37.2 Å². The Hall–Kier alpha value is -2.70. The molecule has 7 heteroatoms.